The van der Waals surface area contributed by atoms with Gasteiger partial charge in [-0.1, -0.05) is 11.8 Å². The minimum Gasteiger partial charge on any atom is -0.479 e. The Morgan fingerprint density at radius 2 is 1.88 bits per heavy atom. The molecule has 0 aromatic carbocycles. The lowest BCUT2D eigenvalue weighted by atomic mass is 10.2. The zero-order valence-electron chi connectivity index (χ0n) is 18.1. The van der Waals surface area contributed by atoms with Crippen molar-refractivity contribution in [3.8, 4) is 0 Å². The maximum Gasteiger partial charge on any atom is 0.305 e. The van der Waals surface area contributed by atoms with Gasteiger partial charge in [0.2, 0.25) is 16.1 Å². The van der Waals surface area contributed by atoms with Gasteiger partial charge in [0.15, 0.2) is 11.6 Å². The first-order valence-corrected chi connectivity index (χ1v) is 11.5. The van der Waals surface area contributed by atoms with Crippen molar-refractivity contribution in [3.63, 3.8) is 0 Å². The van der Waals surface area contributed by atoms with E-state index in [2.05, 4.69) is 10.3 Å². The van der Waals surface area contributed by atoms with Crippen molar-refractivity contribution in [1.82, 2.24) is 4.98 Å². The van der Waals surface area contributed by atoms with Gasteiger partial charge in [-0.3, -0.25) is 14.5 Å². The van der Waals surface area contributed by atoms with Crippen LogP contribution >= 0.6 is 24.0 Å². The van der Waals surface area contributed by atoms with E-state index in [4.69, 9.17) is 21.7 Å². The first-order chi connectivity index (χ1) is 15.2. The van der Waals surface area contributed by atoms with Crippen molar-refractivity contribution in [2.24, 2.45) is 0 Å². The SMILES string of the molecule is CCOC(=O)CCC(CN(C(C)=O)c1nc(F)c(F)c(NC2CC2)c1F)SC(=S)OCC. The van der Waals surface area contributed by atoms with Gasteiger partial charge < -0.3 is 14.8 Å². The number of carbonyl (C=O) groups excluding carboxylic acids is 2. The number of rotatable bonds is 11. The zero-order chi connectivity index (χ0) is 23.8. The van der Waals surface area contributed by atoms with Gasteiger partial charge >= 0.3 is 5.97 Å². The van der Waals surface area contributed by atoms with Gasteiger partial charge in [-0.15, -0.1) is 0 Å². The number of halogens is 3. The van der Waals surface area contributed by atoms with Crippen LogP contribution in [-0.4, -0.2) is 52.3 Å². The third-order valence-corrected chi connectivity index (χ3v) is 5.90. The Morgan fingerprint density at radius 3 is 2.44 bits per heavy atom. The molecule has 1 saturated carbocycles. The number of esters is 1. The number of pyridine rings is 1. The Morgan fingerprint density at radius 1 is 1.22 bits per heavy atom. The summed E-state index contributed by atoms with van der Waals surface area (Å²) >= 11 is 6.23. The lowest BCUT2D eigenvalue weighted by Gasteiger charge is -2.26. The number of hydrogen-bond acceptors (Lipinski definition) is 8. The second-order valence-corrected chi connectivity index (χ2v) is 8.95. The fourth-order valence-corrected chi connectivity index (χ4v) is 4.24. The number of carbonyl (C=O) groups is 2. The fraction of sp³-hybridized carbons (Fsp3) is 0.600. The van der Waals surface area contributed by atoms with Crippen LogP contribution in [0.2, 0.25) is 0 Å². The van der Waals surface area contributed by atoms with E-state index in [0.29, 0.717) is 19.4 Å². The van der Waals surface area contributed by atoms with E-state index in [1.54, 1.807) is 13.8 Å². The second kappa shape index (κ2) is 12.2. The van der Waals surface area contributed by atoms with Crippen molar-refractivity contribution in [3.05, 3.63) is 17.6 Å². The van der Waals surface area contributed by atoms with Crippen molar-refractivity contribution >= 4 is 51.7 Å². The average Bonchev–Trinajstić information content (AvgIpc) is 3.54. The number of thioether (sulfide) groups is 1. The molecule has 1 aliphatic carbocycles. The standard InChI is InChI=1S/C20H26F3N3O4S2/c1-4-29-14(28)9-8-13(32-20(31)30-5-2)10-26(11(3)27)19-16(22)17(24-12-6-7-12)15(21)18(23)25-19/h12-13H,4-10H2,1-3H3,(H,24,25). The highest BCUT2D eigenvalue weighted by molar-refractivity contribution is 8.23. The third kappa shape index (κ3) is 7.51. The Kier molecular flexibility index (Phi) is 10.0. The smallest absolute Gasteiger partial charge is 0.305 e. The number of ether oxygens (including phenoxy) is 2. The molecular weight excluding hydrogens is 467 g/mol. The number of aromatic nitrogens is 1. The summed E-state index contributed by atoms with van der Waals surface area (Å²) < 4.78 is 53.8. The second-order valence-electron chi connectivity index (χ2n) is 7.04. The molecule has 1 N–H and O–H groups in total. The highest BCUT2D eigenvalue weighted by Crippen LogP contribution is 2.33. The van der Waals surface area contributed by atoms with Gasteiger partial charge in [0.1, 0.15) is 5.69 Å². The molecule has 1 aromatic rings. The Hall–Kier alpha value is -2.08. The molecule has 1 atom stereocenters. The van der Waals surface area contributed by atoms with E-state index in [1.165, 1.54) is 0 Å². The molecule has 0 radical (unpaired) electrons. The molecule has 0 spiro atoms. The number of nitrogens with one attached hydrogen (secondary N) is 1. The van der Waals surface area contributed by atoms with Crippen molar-refractivity contribution in [2.45, 2.75) is 57.7 Å². The summed E-state index contributed by atoms with van der Waals surface area (Å²) in [5.74, 6) is -5.83. The minimum absolute atomic E-state index is 0.0220. The van der Waals surface area contributed by atoms with E-state index in [0.717, 1.165) is 23.6 Å². The first-order valence-electron chi connectivity index (χ1n) is 10.3. The molecule has 1 heterocycles. The predicted octanol–water partition coefficient (Wildman–Crippen LogP) is 4.19. The van der Waals surface area contributed by atoms with Crippen LogP contribution in [0.1, 0.15) is 46.5 Å². The van der Waals surface area contributed by atoms with Crippen LogP contribution in [-0.2, 0) is 19.1 Å². The van der Waals surface area contributed by atoms with E-state index in [9.17, 15) is 18.4 Å². The molecule has 0 bridgehead atoms. The normalized spacial score (nSPS) is 13.9. The maximum atomic E-state index is 15.1. The van der Waals surface area contributed by atoms with Crippen molar-refractivity contribution in [2.75, 3.05) is 30.0 Å². The molecule has 2 rings (SSSR count). The van der Waals surface area contributed by atoms with Crippen LogP contribution in [0.25, 0.3) is 0 Å². The maximum absolute atomic E-state index is 15.1. The Bertz CT molecular complexity index is 856. The number of amides is 1. The number of nitrogens with zero attached hydrogens (tertiary/aromatic N) is 2. The third-order valence-electron chi connectivity index (χ3n) is 4.47. The zero-order valence-corrected chi connectivity index (χ0v) is 19.7. The summed E-state index contributed by atoms with van der Waals surface area (Å²) in [4.78, 5) is 28.4. The molecule has 32 heavy (non-hydrogen) atoms. The molecule has 1 fully saturated rings. The van der Waals surface area contributed by atoms with Crippen LogP contribution in [0, 0.1) is 17.6 Å². The molecule has 1 unspecified atom stereocenters. The minimum atomic E-state index is -1.52. The Balaban J connectivity index is 2.30. The predicted molar refractivity (Wildman–Crippen MR) is 120 cm³/mol. The number of thiocarbonyl (C=S) groups is 1. The van der Waals surface area contributed by atoms with Crippen LogP contribution < -0.4 is 10.2 Å². The van der Waals surface area contributed by atoms with Gasteiger partial charge in [-0.2, -0.15) is 13.8 Å². The number of anilines is 2. The fourth-order valence-electron chi connectivity index (χ4n) is 2.80. The molecule has 0 aliphatic heterocycles. The van der Waals surface area contributed by atoms with Gasteiger partial charge in [-0.05, 0) is 45.3 Å². The van der Waals surface area contributed by atoms with Gasteiger partial charge in [0.05, 0.1) is 13.2 Å². The molecule has 0 saturated heterocycles. The van der Waals surface area contributed by atoms with Gasteiger partial charge in [0.25, 0.3) is 5.95 Å². The van der Waals surface area contributed by atoms with E-state index in [-0.39, 0.29) is 36.4 Å². The quantitative estimate of drug-likeness (QED) is 0.279. The summed E-state index contributed by atoms with van der Waals surface area (Å²) in [6.45, 7) is 4.96. The lowest BCUT2D eigenvalue weighted by molar-refractivity contribution is -0.143. The molecular formula is C20H26F3N3O4S2. The average molecular weight is 494 g/mol. The molecule has 1 amide bonds. The summed E-state index contributed by atoms with van der Waals surface area (Å²) in [5.41, 5.74) is -0.651. The van der Waals surface area contributed by atoms with Crippen LogP contribution in [0.5, 0.6) is 0 Å². The van der Waals surface area contributed by atoms with Gasteiger partial charge in [0, 0.05) is 31.2 Å². The molecule has 1 aromatic heterocycles. The highest BCUT2D eigenvalue weighted by atomic mass is 32.2. The van der Waals surface area contributed by atoms with E-state index in [1.807, 2.05) is 0 Å². The summed E-state index contributed by atoms with van der Waals surface area (Å²) in [6.07, 6.45) is 1.65. The molecule has 12 heteroatoms. The number of hydrogen-bond donors (Lipinski definition) is 1. The first kappa shape index (κ1) is 26.2. The summed E-state index contributed by atoms with van der Waals surface area (Å²) in [5, 5.41) is 2.09. The Labute approximate surface area is 194 Å². The lowest BCUT2D eigenvalue weighted by Crippen LogP contribution is -2.37. The van der Waals surface area contributed by atoms with Crippen LogP contribution in [0.4, 0.5) is 24.7 Å². The summed E-state index contributed by atoms with van der Waals surface area (Å²) in [7, 11) is 0. The van der Waals surface area contributed by atoms with E-state index >= 15 is 4.39 Å². The highest BCUT2D eigenvalue weighted by Gasteiger charge is 2.31. The monoisotopic (exact) mass is 493 g/mol. The largest absolute Gasteiger partial charge is 0.479 e. The van der Waals surface area contributed by atoms with Crippen LogP contribution in [0.3, 0.4) is 0 Å². The molecule has 1 aliphatic rings. The van der Waals surface area contributed by atoms with Crippen molar-refractivity contribution in [1.29, 1.82) is 0 Å². The molecule has 178 valence electrons. The topological polar surface area (TPSA) is 80.8 Å². The van der Waals surface area contributed by atoms with E-state index < -0.39 is 46.2 Å². The van der Waals surface area contributed by atoms with Crippen molar-refractivity contribution < 1.29 is 32.2 Å². The molecule has 7 nitrogen and oxygen atoms in total. The van der Waals surface area contributed by atoms with Crippen LogP contribution in [0.15, 0.2) is 0 Å². The van der Waals surface area contributed by atoms with Gasteiger partial charge in [-0.25, -0.2) is 4.39 Å². The summed E-state index contributed by atoms with van der Waals surface area (Å²) in [6, 6.07) is -0.157.